The predicted octanol–water partition coefficient (Wildman–Crippen LogP) is 3.43. The Labute approximate surface area is 227 Å². The Hall–Kier alpha value is -3.23. The number of benzene rings is 2. The van der Waals surface area contributed by atoms with Gasteiger partial charge in [0.2, 0.25) is 0 Å². The summed E-state index contributed by atoms with van der Waals surface area (Å²) in [6, 6.07) is 10.1. The van der Waals surface area contributed by atoms with Crippen molar-refractivity contribution in [2.45, 2.75) is 68.6 Å². The second-order valence-electron chi connectivity index (χ2n) is 12.4. The minimum absolute atomic E-state index is 0.0171. The van der Waals surface area contributed by atoms with Gasteiger partial charge < -0.3 is 30.6 Å². The van der Waals surface area contributed by atoms with Crippen LogP contribution in [0.2, 0.25) is 0 Å². The lowest BCUT2D eigenvalue weighted by Crippen LogP contribution is -2.74. The number of H-pyrrole nitrogens is 1. The fourth-order valence-corrected chi connectivity index (χ4v) is 8.37. The number of aliphatic hydroxyl groups is 1. The molecule has 4 atom stereocenters. The standard InChI is InChI=1S/C31H36N4O4/c1-2-32-29(37)33-11-9-17-5-7-22-20(13-17)21-15-31(38)24-14-19-6-8-23(36)27-25(19)30(31,28(39-27)26(21)34-22)10-12-35(24)16-18-3-4-18/h5-8,13,18,24,28,34,36,38H,2-4,9-12,14-16H2,1H3,(H2,32,33,37)/t24-,28+,30+,31-/m1/s1. The maximum absolute atomic E-state index is 13.0. The Morgan fingerprint density at radius 2 is 2.10 bits per heavy atom. The highest BCUT2D eigenvalue weighted by Crippen LogP contribution is 2.69. The zero-order chi connectivity index (χ0) is 26.5. The number of rotatable bonds is 6. The van der Waals surface area contributed by atoms with Crippen molar-refractivity contribution < 1.29 is 19.7 Å². The normalized spacial score (nSPS) is 30.0. The number of likely N-dealkylation sites (tertiary alicyclic amines) is 1. The Bertz CT molecular complexity index is 1510. The summed E-state index contributed by atoms with van der Waals surface area (Å²) in [6.07, 6.45) is 5.08. The molecule has 2 fully saturated rings. The average molecular weight is 529 g/mol. The number of ether oxygens (including phenoxy) is 1. The van der Waals surface area contributed by atoms with Gasteiger partial charge in [0.1, 0.15) is 0 Å². The number of phenolic OH excluding ortho intramolecular Hbond substituents is 1. The fourth-order valence-electron chi connectivity index (χ4n) is 8.37. The molecule has 39 heavy (non-hydrogen) atoms. The van der Waals surface area contributed by atoms with E-state index in [0.717, 1.165) is 71.6 Å². The van der Waals surface area contributed by atoms with E-state index in [1.165, 1.54) is 18.4 Å². The van der Waals surface area contributed by atoms with E-state index < -0.39 is 11.0 Å². The molecular weight excluding hydrogens is 492 g/mol. The number of piperidine rings is 1. The van der Waals surface area contributed by atoms with Gasteiger partial charge in [0, 0.05) is 48.6 Å². The molecule has 3 heterocycles. The number of carbonyl (C=O) groups excluding carboxylic acids is 1. The van der Waals surface area contributed by atoms with Crippen molar-refractivity contribution in [3.63, 3.8) is 0 Å². The van der Waals surface area contributed by atoms with Gasteiger partial charge in [-0.05, 0) is 86.4 Å². The molecule has 0 unspecified atom stereocenters. The number of urea groups is 1. The highest BCUT2D eigenvalue weighted by molar-refractivity contribution is 5.87. The third-order valence-corrected chi connectivity index (χ3v) is 10.3. The zero-order valence-corrected chi connectivity index (χ0v) is 22.3. The first-order valence-corrected chi connectivity index (χ1v) is 14.6. The average Bonchev–Trinajstić information content (AvgIpc) is 3.56. The lowest BCUT2D eigenvalue weighted by molar-refractivity contribution is -0.173. The van der Waals surface area contributed by atoms with Crippen molar-refractivity contribution in [2.75, 3.05) is 26.2 Å². The van der Waals surface area contributed by atoms with Gasteiger partial charge in [-0.25, -0.2) is 4.79 Å². The van der Waals surface area contributed by atoms with Gasteiger partial charge in [-0.1, -0.05) is 12.1 Å². The Morgan fingerprint density at radius 1 is 1.23 bits per heavy atom. The van der Waals surface area contributed by atoms with Gasteiger partial charge in [0.05, 0.1) is 16.7 Å². The third kappa shape index (κ3) is 3.16. The number of aromatic hydroxyl groups is 1. The van der Waals surface area contributed by atoms with Crippen LogP contribution in [0.5, 0.6) is 11.5 Å². The number of carbonyl (C=O) groups is 1. The van der Waals surface area contributed by atoms with Gasteiger partial charge in [-0.3, -0.25) is 4.90 Å². The van der Waals surface area contributed by atoms with Crippen molar-refractivity contribution >= 4 is 16.9 Å². The Kier molecular flexibility index (Phi) is 4.94. The summed E-state index contributed by atoms with van der Waals surface area (Å²) >= 11 is 0. The topological polar surface area (TPSA) is 110 Å². The second kappa shape index (κ2) is 8.15. The molecule has 8 heteroatoms. The maximum Gasteiger partial charge on any atom is 0.314 e. The van der Waals surface area contributed by atoms with E-state index in [-0.39, 0.29) is 23.9 Å². The van der Waals surface area contributed by atoms with Crippen molar-refractivity contribution in [1.82, 2.24) is 20.5 Å². The molecule has 3 aromatic rings. The zero-order valence-electron chi connectivity index (χ0n) is 22.3. The molecule has 2 aromatic carbocycles. The molecule has 5 aliphatic rings. The first-order chi connectivity index (χ1) is 18.9. The number of aromatic nitrogens is 1. The molecule has 3 aliphatic carbocycles. The van der Waals surface area contributed by atoms with Crippen LogP contribution >= 0.6 is 0 Å². The highest BCUT2D eigenvalue weighted by atomic mass is 16.5. The summed E-state index contributed by atoms with van der Waals surface area (Å²) in [7, 11) is 0. The minimum Gasteiger partial charge on any atom is -0.504 e. The van der Waals surface area contributed by atoms with E-state index in [2.05, 4.69) is 44.8 Å². The number of hydrogen-bond donors (Lipinski definition) is 5. The smallest absolute Gasteiger partial charge is 0.314 e. The number of phenols is 1. The molecule has 1 spiro atoms. The molecule has 5 N–H and O–H groups in total. The molecule has 0 radical (unpaired) electrons. The van der Waals surface area contributed by atoms with E-state index in [4.69, 9.17) is 4.74 Å². The van der Waals surface area contributed by atoms with Gasteiger partial charge in [-0.2, -0.15) is 0 Å². The van der Waals surface area contributed by atoms with Gasteiger partial charge in [0.15, 0.2) is 17.6 Å². The molecule has 8 nitrogen and oxygen atoms in total. The third-order valence-electron chi connectivity index (χ3n) is 10.3. The molecule has 8 rings (SSSR count). The van der Waals surface area contributed by atoms with Gasteiger partial charge in [-0.15, -0.1) is 0 Å². The Morgan fingerprint density at radius 3 is 2.92 bits per heavy atom. The first kappa shape index (κ1) is 23.6. The van der Waals surface area contributed by atoms with Crippen LogP contribution in [0.4, 0.5) is 4.79 Å². The molecule has 2 amide bonds. The number of nitrogens with one attached hydrogen (secondary N) is 3. The fraction of sp³-hybridized carbons (Fsp3) is 0.516. The lowest BCUT2D eigenvalue weighted by atomic mass is 9.49. The van der Waals surface area contributed by atoms with Crippen LogP contribution in [0.1, 0.15) is 60.2 Å². The summed E-state index contributed by atoms with van der Waals surface area (Å²) in [5.41, 5.74) is 5.02. The van der Waals surface area contributed by atoms with Gasteiger partial charge in [0.25, 0.3) is 0 Å². The predicted molar refractivity (Wildman–Crippen MR) is 147 cm³/mol. The van der Waals surface area contributed by atoms with Crippen LogP contribution in [-0.2, 0) is 24.7 Å². The molecule has 2 bridgehead atoms. The SMILES string of the molecule is CCNC(=O)NCCc1ccc2[nH]c3c(c2c1)C[C@@]1(O)[C@H]2Cc4ccc(O)c5c4[C@@]1(CCN2CC1CC1)[C@H]3O5. The largest absolute Gasteiger partial charge is 0.504 e. The molecule has 1 aromatic heterocycles. The number of aromatic amines is 1. The monoisotopic (exact) mass is 528 g/mol. The second-order valence-corrected chi connectivity index (χ2v) is 12.4. The van der Waals surface area contributed by atoms with Crippen molar-refractivity contribution in [1.29, 1.82) is 0 Å². The lowest BCUT2D eigenvalue weighted by Gasteiger charge is -2.62. The Balaban J connectivity index is 1.23. The van der Waals surface area contributed by atoms with Crippen LogP contribution in [0, 0.1) is 5.92 Å². The quantitative estimate of drug-likeness (QED) is 0.337. The minimum atomic E-state index is -0.991. The van der Waals surface area contributed by atoms with Crippen molar-refractivity contribution in [3.8, 4) is 11.5 Å². The van der Waals surface area contributed by atoms with Crippen LogP contribution < -0.4 is 15.4 Å². The van der Waals surface area contributed by atoms with E-state index in [9.17, 15) is 15.0 Å². The summed E-state index contributed by atoms with van der Waals surface area (Å²) < 4.78 is 6.69. The van der Waals surface area contributed by atoms with Crippen LogP contribution in [0.25, 0.3) is 10.9 Å². The number of fused-ring (bicyclic) bond motifs is 4. The molecular formula is C31H36N4O4. The maximum atomic E-state index is 13.0. The number of hydrogen-bond acceptors (Lipinski definition) is 5. The van der Waals surface area contributed by atoms with Crippen LogP contribution in [0.15, 0.2) is 30.3 Å². The molecule has 1 saturated carbocycles. The molecule has 2 aliphatic heterocycles. The summed E-state index contributed by atoms with van der Waals surface area (Å²) in [5, 5.41) is 30.7. The van der Waals surface area contributed by atoms with E-state index in [0.29, 0.717) is 25.3 Å². The molecule has 1 saturated heterocycles. The highest BCUT2D eigenvalue weighted by Gasteiger charge is 2.72. The van der Waals surface area contributed by atoms with E-state index in [1.54, 1.807) is 6.07 Å². The number of amides is 2. The van der Waals surface area contributed by atoms with Crippen LogP contribution in [0.3, 0.4) is 0 Å². The van der Waals surface area contributed by atoms with Crippen LogP contribution in [-0.4, -0.2) is 63.9 Å². The van der Waals surface area contributed by atoms with Crippen molar-refractivity contribution in [3.05, 3.63) is 58.3 Å². The molecule has 204 valence electrons. The van der Waals surface area contributed by atoms with E-state index >= 15 is 0 Å². The van der Waals surface area contributed by atoms with Crippen molar-refractivity contribution in [2.24, 2.45) is 5.92 Å². The van der Waals surface area contributed by atoms with E-state index in [1.807, 2.05) is 6.92 Å². The summed E-state index contributed by atoms with van der Waals surface area (Å²) in [4.78, 5) is 18.1. The number of nitrogens with zero attached hydrogens (tertiary/aromatic N) is 1. The summed E-state index contributed by atoms with van der Waals surface area (Å²) in [5.74, 6) is 1.48. The van der Waals surface area contributed by atoms with Gasteiger partial charge >= 0.3 is 6.03 Å². The summed E-state index contributed by atoms with van der Waals surface area (Å²) in [6.45, 7) is 5.05. The first-order valence-electron chi connectivity index (χ1n) is 14.6.